The van der Waals surface area contributed by atoms with Gasteiger partial charge in [0.15, 0.2) is 5.78 Å². The van der Waals surface area contributed by atoms with Gasteiger partial charge in [0, 0.05) is 0 Å². The molecule has 0 atom stereocenters. The smallest absolute Gasteiger partial charge is 0.167 e. The average Bonchev–Trinajstić information content (AvgIpc) is 3.36. The number of ether oxygens (including phenoxy) is 2. The number of carbonyl (C=O) groups excluding carboxylic acids is 1. The highest BCUT2D eigenvalue weighted by molar-refractivity contribution is 5.99. The Morgan fingerprint density at radius 1 is 1.00 bits per heavy atom. The molecule has 2 aromatic carbocycles. The minimum atomic E-state index is -0.0329. The molecular weight excluding hydrogens is 276 g/mol. The number of hydrogen-bond acceptors (Lipinski definition) is 3. The Morgan fingerprint density at radius 3 is 2.32 bits per heavy atom. The fourth-order valence-electron chi connectivity index (χ4n) is 2.33. The monoisotopic (exact) mass is 296 g/mol. The van der Waals surface area contributed by atoms with Gasteiger partial charge in [0.2, 0.25) is 0 Å². The van der Waals surface area contributed by atoms with E-state index in [1.165, 1.54) is 12.8 Å². The number of Topliss-reactive ketones (excluding diaryl/α,β-unsaturated/α-hetero) is 1. The predicted octanol–water partition coefficient (Wildman–Crippen LogP) is 4.26. The number of benzene rings is 2. The third-order valence-corrected chi connectivity index (χ3v) is 3.75. The zero-order valence-electron chi connectivity index (χ0n) is 12.7. The lowest BCUT2D eigenvalue weighted by Crippen LogP contribution is -2.07. The molecule has 2 aromatic rings. The Labute approximate surface area is 130 Å². The highest BCUT2D eigenvalue weighted by atomic mass is 16.5. The maximum absolute atomic E-state index is 12.0. The lowest BCUT2D eigenvalue weighted by Gasteiger charge is -2.14. The maximum atomic E-state index is 12.0. The van der Waals surface area contributed by atoms with E-state index in [-0.39, 0.29) is 5.78 Å². The van der Waals surface area contributed by atoms with E-state index < -0.39 is 0 Å². The van der Waals surface area contributed by atoms with Crippen LogP contribution in [0.1, 0.15) is 35.7 Å². The SMILES string of the molecule is CC(=O)c1c(OCc2ccccc2)cccc1OCC1CC1. The van der Waals surface area contributed by atoms with Crippen molar-refractivity contribution >= 4 is 5.78 Å². The van der Waals surface area contributed by atoms with Gasteiger partial charge >= 0.3 is 0 Å². The van der Waals surface area contributed by atoms with Gasteiger partial charge in [0.1, 0.15) is 23.7 Å². The molecule has 0 spiro atoms. The fraction of sp³-hybridized carbons (Fsp3) is 0.316. The lowest BCUT2D eigenvalue weighted by atomic mass is 10.1. The van der Waals surface area contributed by atoms with Crippen LogP contribution in [-0.2, 0) is 6.61 Å². The van der Waals surface area contributed by atoms with Crippen molar-refractivity contribution in [2.24, 2.45) is 5.92 Å². The van der Waals surface area contributed by atoms with Crippen molar-refractivity contribution in [2.75, 3.05) is 6.61 Å². The fourth-order valence-corrected chi connectivity index (χ4v) is 2.33. The van der Waals surface area contributed by atoms with Crippen LogP contribution in [0.5, 0.6) is 11.5 Å². The molecule has 0 bridgehead atoms. The second kappa shape index (κ2) is 6.65. The van der Waals surface area contributed by atoms with Crippen LogP contribution in [0.25, 0.3) is 0 Å². The summed E-state index contributed by atoms with van der Waals surface area (Å²) in [5, 5.41) is 0. The van der Waals surface area contributed by atoms with Gasteiger partial charge in [0.25, 0.3) is 0 Å². The van der Waals surface area contributed by atoms with Crippen molar-refractivity contribution < 1.29 is 14.3 Å². The van der Waals surface area contributed by atoms with Crippen molar-refractivity contribution in [3.05, 3.63) is 59.7 Å². The molecule has 0 amide bonds. The molecule has 0 aromatic heterocycles. The first-order valence-electron chi connectivity index (χ1n) is 7.67. The lowest BCUT2D eigenvalue weighted by molar-refractivity contribution is 0.100. The molecule has 22 heavy (non-hydrogen) atoms. The molecule has 1 saturated carbocycles. The topological polar surface area (TPSA) is 35.5 Å². The number of carbonyl (C=O) groups is 1. The molecule has 0 radical (unpaired) electrons. The molecule has 0 heterocycles. The van der Waals surface area contributed by atoms with E-state index in [0.717, 1.165) is 5.56 Å². The van der Waals surface area contributed by atoms with E-state index in [4.69, 9.17) is 9.47 Å². The molecule has 3 heteroatoms. The van der Waals surface area contributed by atoms with Crippen molar-refractivity contribution in [1.82, 2.24) is 0 Å². The number of ketones is 1. The normalized spacial score (nSPS) is 13.7. The van der Waals surface area contributed by atoms with Gasteiger partial charge in [-0.05, 0) is 43.4 Å². The third-order valence-electron chi connectivity index (χ3n) is 3.75. The van der Waals surface area contributed by atoms with Crippen LogP contribution >= 0.6 is 0 Å². The van der Waals surface area contributed by atoms with Gasteiger partial charge < -0.3 is 9.47 Å². The van der Waals surface area contributed by atoms with Gasteiger partial charge in [-0.1, -0.05) is 36.4 Å². The van der Waals surface area contributed by atoms with Crippen LogP contribution in [0.2, 0.25) is 0 Å². The highest BCUT2D eigenvalue weighted by Crippen LogP contribution is 2.33. The molecule has 0 unspecified atom stereocenters. The molecule has 0 N–H and O–H groups in total. The van der Waals surface area contributed by atoms with E-state index in [1.807, 2.05) is 48.5 Å². The Bertz CT molecular complexity index is 645. The zero-order chi connectivity index (χ0) is 15.4. The second-order valence-corrected chi connectivity index (χ2v) is 5.71. The van der Waals surface area contributed by atoms with E-state index >= 15 is 0 Å². The summed E-state index contributed by atoms with van der Waals surface area (Å²) in [7, 11) is 0. The van der Waals surface area contributed by atoms with E-state index in [9.17, 15) is 4.79 Å². The first kappa shape index (κ1) is 14.6. The number of rotatable bonds is 7. The van der Waals surface area contributed by atoms with E-state index in [2.05, 4.69) is 0 Å². The molecule has 0 saturated heterocycles. The van der Waals surface area contributed by atoms with Gasteiger partial charge in [0.05, 0.1) is 6.61 Å². The summed E-state index contributed by atoms with van der Waals surface area (Å²) in [5.41, 5.74) is 1.61. The van der Waals surface area contributed by atoms with Crippen LogP contribution in [0, 0.1) is 5.92 Å². The standard InChI is InChI=1S/C19H20O3/c1-14(20)19-17(21-12-15-6-3-2-4-7-15)8-5-9-18(19)22-13-16-10-11-16/h2-9,16H,10-13H2,1H3. The summed E-state index contributed by atoms with van der Waals surface area (Å²) in [6.07, 6.45) is 2.44. The number of hydrogen-bond donors (Lipinski definition) is 0. The average molecular weight is 296 g/mol. The maximum Gasteiger partial charge on any atom is 0.167 e. The Hall–Kier alpha value is -2.29. The van der Waals surface area contributed by atoms with Crippen molar-refractivity contribution in [1.29, 1.82) is 0 Å². The van der Waals surface area contributed by atoms with Crippen LogP contribution < -0.4 is 9.47 Å². The highest BCUT2D eigenvalue weighted by Gasteiger charge is 2.23. The Morgan fingerprint density at radius 2 is 1.68 bits per heavy atom. The molecule has 3 nitrogen and oxygen atoms in total. The Kier molecular flexibility index (Phi) is 4.42. The van der Waals surface area contributed by atoms with Crippen molar-refractivity contribution in [3.63, 3.8) is 0 Å². The quantitative estimate of drug-likeness (QED) is 0.716. The Balaban J connectivity index is 1.76. The molecule has 3 rings (SSSR count). The summed E-state index contributed by atoms with van der Waals surface area (Å²) in [6.45, 7) is 2.67. The molecule has 1 fully saturated rings. The van der Waals surface area contributed by atoms with Gasteiger partial charge in [-0.15, -0.1) is 0 Å². The van der Waals surface area contributed by atoms with Crippen LogP contribution in [0.4, 0.5) is 0 Å². The van der Waals surface area contributed by atoms with Gasteiger partial charge in [-0.3, -0.25) is 4.79 Å². The predicted molar refractivity (Wildman–Crippen MR) is 85.4 cm³/mol. The van der Waals surface area contributed by atoms with Crippen LogP contribution in [-0.4, -0.2) is 12.4 Å². The summed E-state index contributed by atoms with van der Waals surface area (Å²) < 4.78 is 11.7. The molecule has 114 valence electrons. The van der Waals surface area contributed by atoms with Crippen LogP contribution in [0.15, 0.2) is 48.5 Å². The summed E-state index contributed by atoms with van der Waals surface area (Å²) >= 11 is 0. The van der Waals surface area contributed by atoms with Crippen LogP contribution in [0.3, 0.4) is 0 Å². The molecule has 1 aliphatic carbocycles. The summed E-state index contributed by atoms with van der Waals surface area (Å²) in [4.78, 5) is 12.0. The first-order valence-corrected chi connectivity index (χ1v) is 7.67. The first-order chi connectivity index (χ1) is 10.7. The summed E-state index contributed by atoms with van der Waals surface area (Å²) in [5.74, 6) is 1.83. The van der Waals surface area contributed by atoms with Gasteiger partial charge in [-0.2, -0.15) is 0 Å². The molecule has 1 aliphatic rings. The third kappa shape index (κ3) is 3.67. The minimum absolute atomic E-state index is 0.0329. The second-order valence-electron chi connectivity index (χ2n) is 5.71. The largest absolute Gasteiger partial charge is 0.492 e. The van der Waals surface area contributed by atoms with Crippen molar-refractivity contribution in [3.8, 4) is 11.5 Å². The summed E-state index contributed by atoms with van der Waals surface area (Å²) in [6, 6.07) is 15.4. The molecule has 0 aliphatic heterocycles. The van der Waals surface area contributed by atoms with E-state index in [0.29, 0.717) is 36.2 Å². The van der Waals surface area contributed by atoms with Crippen molar-refractivity contribution in [2.45, 2.75) is 26.4 Å². The van der Waals surface area contributed by atoms with E-state index in [1.54, 1.807) is 6.92 Å². The van der Waals surface area contributed by atoms with Gasteiger partial charge in [-0.25, -0.2) is 0 Å². The minimum Gasteiger partial charge on any atom is -0.492 e. The molecular formula is C19H20O3. The zero-order valence-corrected chi connectivity index (χ0v) is 12.7.